The van der Waals surface area contributed by atoms with Gasteiger partial charge in [0.25, 0.3) is 5.91 Å². The molecule has 6 N–H and O–H groups in total. The van der Waals surface area contributed by atoms with Crippen molar-refractivity contribution in [2.45, 2.75) is 0 Å². The van der Waals surface area contributed by atoms with Gasteiger partial charge in [0.05, 0.1) is 0 Å². The molecule has 168 valence electrons. The minimum Gasteiger partial charge on any atom is -0.384 e. The van der Waals surface area contributed by atoms with Gasteiger partial charge in [-0.15, -0.1) is 0 Å². The monoisotopic (exact) mass is 449 g/mol. The van der Waals surface area contributed by atoms with Crippen molar-refractivity contribution in [1.82, 2.24) is 0 Å². The van der Waals surface area contributed by atoms with Crippen molar-refractivity contribution in [3.05, 3.63) is 114 Å². The number of hydrogen-bond donors (Lipinski definition) is 5. The SMILES string of the molecule is N=C(N)c1cccc(NC(=O)Nc2cccc(NC(=O)c3ccc(-c4ccccc4)cc3)c2)c1. The molecule has 0 atom stereocenters. The first kappa shape index (κ1) is 22.3. The number of carbonyl (C=O) groups excluding carboxylic acids is 2. The highest BCUT2D eigenvalue weighted by atomic mass is 16.2. The number of amides is 3. The third-order valence-electron chi connectivity index (χ3n) is 5.06. The number of hydrogen-bond acceptors (Lipinski definition) is 3. The molecule has 4 aromatic carbocycles. The molecule has 0 saturated carbocycles. The zero-order chi connectivity index (χ0) is 23.9. The van der Waals surface area contributed by atoms with E-state index in [1.54, 1.807) is 60.7 Å². The lowest BCUT2D eigenvalue weighted by molar-refractivity contribution is 0.102. The van der Waals surface area contributed by atoms with Crippen LogP contribution >= 0.6 is 0 Å². The highest BCUT2D eigenvalue weighted by Crippen LogP contribution is 2.21. The van der Waals surface area contributed by atoms with E-state index in [0.717, 1.165) is 11.1 Å². The predicted octanol–water partition coefficient (Wildman–Crippen LogP) is 5.53. The Morgan fingerprint density at radius 2 is 1.15 bits per heavy atom. The number of amidine groups is 1. The molecule has 0 aliphatic rings. The summed E-state index contributed by atoms with van der Waals surface area (Å²) < 4.78 is 0. The fourth-order valence-electron chi connectivity index (χ4n) is 3.38. The van der Waals surface area contributed by atoms with Crippen molar-refractivity contribution in [1.29, 1.82) is 5.41 Å². The molecular weight excluding hydrogens is 426 g/mol. The van der Waals surface area contributed by atoms with Crippen molar-refractivity contribution < 1.29 is 9.59 Å². The van der Waals surface area contributed by atoms with Crippen LogP contribution in [0.25, 0.3) is 11.1 Å². The van der Waals surface area contributed by atoms with E-state index in [0.29, 0.717) is 28.2 Å². The van der Waals surface area contributed by atoms with Gasteiger partial charge in [0.1, 0.15) is 5.84 Å². The molecule has 7 nitrogen and oxygen atoms in total. The zero-order valence-corrected chi connectivity index (χ0v) is 18.2. The second kappa shape index (κ2) is 10.1. The molecule has 0 aliphatic carbocycles. The number of carbonyl (C=O) groups is 2. The van der Waals surface area contributed by atoms with Crippen molar-refractivity contribution in [3.63, 3.8) is 0 Å². The lowest BCUT2D eigenvalue weighted by atomic mass is 10.0. The number of benzene rings is 4. The first-order valence-corrected chi connectivity index (χ1v) is 10.6. The molecule has 3 amide bonds. The van der Waals surface area contributed by atoms with Crippen LogP contribution in [0.1, 0.15) is 15.9 Å². The van der Waals surface area contributed by atoms with Crippen molar-refractivity contribution >= 4 is 34.8 Å². The quantitative estimate of drug-likeness (QED) is 0.196. The minimum absolute atomic E-state index is 0.0813. The van der Waals surface area contributed by atoms with Gasteiger partial charge in [-0.1, -0.05) is 60.7 Å². The van der Waals surface area contributed by atoms with Crippen LogP contribution in [0, 0.1) is 5.41 Å². The maximum absolute atomic E-state index is 12.7. The van der Waals surface area contributed by atoms with Gasteiger partial charge < -0.3 is 21.7 Å². The summed E-state index contributed by atoms with van der Waals surface area (Å²) in [5.41, 5.74) is 10.2. The van der Waals surface area contributed by atoms with Gasteiger partial charge in [-0.25, -0.2) is 4.79 Å². The van der Waals surface area contributed by atoms with E-state index in [-0.39, 0.29) is 11.7 Å². The lowest BCUT2D eigenvalue weighted by Crippen LogP contribution is -2.20. The third-order valence-corrected chi connectivity index (χ3v) is 5.06. The van der Waals surface area contributed by atoms with E-state index in [1.807, 2.05) is 42.5 Å². The van der Waals surface area contributed by atoms with Gasteiger partial charge in [-0.05, 0) is 53.6 Å². The van der Waals surface area contributed by atoms with Gasteiger partial charge in [0.2, 0.25) is 0 Å². The van der Waals surface area contributed by atoms with Gasteiger partial charge in [-0.3, -0.25) is 10.2 Å². The van der Waals surface area contributed by atoms with E-state index in [9.17, 15) is 9.59 Å². The second-order valence-electron chi connectivity index (χ2n) is 7.55. The largest absolute Gasteiger partial charge is 0.384 e. The van der Waals surface area contributed by atoms with E-state index in [2.05, 4.69) is 16.0 Å². The summed E-state index contributed by atoms with van der Waals surface area (Å²) >= 11 is 0. The Balaban J connectivity index is 1.38. The molecule has 0 fully saturated rings. The summed E-state index contributed by atoms with van der Waals surface area (Å²) in [6.07, 6.45) is 0. The van der Waals surface area contributed by atoms with Crippen LogP contribution in [0.3, 0.4) is 0 Å². The number of urea groups is 1. The van der Waals surface area contributed by atoms with Gasteiger partial charge in [0, 0.05) is 28.2 Å². The molecule has 0 aliphatic heterocycles. The molecular formula is C27H23N5O2. The number of nitrogens with two attached hydrogens (primary N) is 1. The topological polar surface area (TPSA) is 120 Å². The van der Waals surface area contributed by atoms with Crippen LogP contribution in [0.5, 0.6) is 0 Å². The lowest BCUT2D eigenvalue weighted by Gasteiger charge is -2.11. The van der Waals surface area contributed by atoms with Crippen molar-refractivity contribution in [2.24, 2.45) is 5.73 Å². The summed E-state index contributed by atoms with van der Waals surface area (Å²) in [6, 6.07) is 30.4. The van der Waals surface area contributed by atoms with Gasteiger partial charge in [0.15, 0.2) is 0 Å². The van der Waals surface area contributed by atoms with E-state index in [1.165, 1.54) is 0 Å². The summed E-state index contributed by atoms with van der Waals surface area (Å²) in [5, 5.41) is 15.8. The Hall–Kier alpha value is -4.91. The van der Waals surface area contributed by atoms with Crippen molar-refractivity contribution in [3.8, 4) is 11.1 Å². The maximum Gasteiger partial charge on any atom is 0.323 e. The number of nitrogens with one attached hydrogen (secondary N) is 4. The Bertz CT molecular complexity index is 1330. The highest BCUT2D eigenvalue weighted by molar-refractivity contribution is 6.05. The molecule has 0 unspecified atom stereocenters. The molecule has 0 heterocycles. The Morgan fingerprint density at radius 1 is 0.588 bits per heavy atom. The van der Waals surface area contributed by atoms with Crippen LogP contribution in [-0.4, -0.2) is 17.8 Å². The average molecular weight is 450 g/mol. The maximum atomic E-state index is 12.7. The Labute approximate surface area is 197 Å². The van der Waals surface area contributed by atoms with E-state index in [4.69, 9.17) is 11.1 Å². The van der Waals surface area contributed by atoms with Crippen LogP contribution in [0.15, 0.2) is 103 Å². The van der Waals surface area contributed by atoms with Crippen LogP contribution < -0.4 is 21.7 Å². The van der Waals surface area contributed by atoms with Gasteiger partial charge in [-0.2, -0.15) is 0 Å². The summed E-state index contributed by atoms with van der Waals surface area (Å²) in [6.45, 7) is 0. The molecule has 34 heavy (non-hydrogen) atoms. The predicted molar refractivity (Wildman–Crippen MR) is 136 cm³/mol. The fraction of sp³-hybridized carbons (Fsp3) is 0. The summed E-state index contributed by atoms with van der Waals surface area (Å²) in [5.74, 6) is -0.329. The van der Waals surface area contributed by atoms with Crippen LogP contribution in [-0.2, 0) is 0 Å². The zero-order valence-electron chi connectivity index (χ0n) is 18.2. The van der Waals surface area contributed by atoms with E-state index >= 15 is 0 Å². The smallest absolute Gasteiger partial charge is 0.323 e. The molecule has 0 radical (unpaired) electrons. The summed E-state index contributed by atoms with van der Waals surface area (Å²) in [7, 11) is 0. The first-order valence-electron chi connectivity index (χ1n) is 10.6. The fourth-order valence-corrected chi connectivity index (χ4v) is 3.38. The van der Waals surface area contributed by atoms with E-state index < -0.39 is 6.03 Å². The molecule has 0 bridgehead atoms. The van der Waals surface area contributed by atoms with Gasteiger partial charge >= 0.3 is 6.03 Å². The molecule has 7 heteroatoms. The molecule has 4 aromatic rings. The molecule has 0 spiro atoms. The average Bonchev–Trinajstić information content (AvgIpc) is 2.85. The first-order chi connectivity index (χ1) is 16.5. The minimum atomic E-state index is -0.458. The molecule has 4 rings (SSSR count). The highest BCUT2D eigenvalue weighted by Gasteiger charge is 2.09. The van der Waals surface area contributed by atoms with Crippen LogP contribution in [0.2, 0.25) is 0 Å². The Morgan fingerprint density at radius 3 is 1.79 bits per heavy atom. The second-order valence-corrected chi connectivity index (χ2v) is 7.55. The van der Waals surface area contributed by atoms with Crippen LogP contribution in [0.4, 0.5) is 21.9 Å². The normalized spacial score (nSPS) is 10.2. The number of nitrogen functional groups attached to an aromatic ring is 1. The summed E-state index contributed by atoms with van der Waals surface area (Å²) in [4.78, 5) is 25.1. The number of anilines is 3. The third kappa shape index (κ3) is 5.66. The molecule has 0 saturated heterocycles. The van der Waals surface area contributed by atoms with Crippen molar-refractivity contribution in [2.75, 3.05) is 16.0 Å². The Kier molecular flexibility index (Phi) is 6.65. The standard InChI is InChI=1S/C27H23N5O2/c28-25(29)21-8-4-9-22(16-21)31-27(34)32-24-11-5-10-23(17-24)30-26(33)20-14-12-19(13-15-20)18-6-2-1-3-7-18/h1-17H,(H3,28,29)(H,30,33)(H2,31,32,34). The number of rotatable bonds is 6. The molecule has 0 aromatic heterocycles.